The minimum Gasteiger partial charge on any atom is -0.384 e. The molecule has 0 spiro atoms. The van der Waals surface area contributed by atoms with E-state index in [1.54, 1.807) is 17.4 Å². The first-order chi connectivity index (χ1) is 9.19. The van der Waals surface area contributed by atoms with Crippen LogP contribution in [0.5, 0.6) is 0 Å². The molecule has 2 nitrogen and oxygen atoms in total. The minimum atomic E-state index is -0.231. The fourth-order valence-electron chi connectivity index (χ4n) is 1.70. The molecule has 0 saturated carbocycles. The summed E-state index contributed by atoms with van der Waals surface area (Å²) in [7, 11) is 1.92. The standard InChI is InChI=1S/C15H14FNOS/c1-17(13-5-2-4-12(16)10-13)11-15-8-7-14(19-15)6-3-9-18/h2,4-5,7-8,10,18H,9,11H2,1H3. The van der Waals surface area contributed by atoms with Crippen LogP contribution >= 0.6 is 11.3 Å². The Morgan fingerprint density at radius 2 is 2.16 bits per heavy atom. The molecule has 0 radical (unpaired) electrons. The Hall–Kier alpha value is -1.83. The summed E-state index contributed by atoms with van der Waals surface area (Å²) in [5, 5.41) is 8.64. The number of hydrogen-bond donors (Lipinski definition) is 1. The molecule has 0 fully saturated rings. The van der Waals surface area contributed by atoms with E-state index in [1.807, 2.05) is 30.1 Å². The lowest BCUT2D eigenvalue weighted by Crippen LogP contribution is -2.15. The van der Waals surface area contributed by atoms with Crippen molar-refractivity contribution in [1.82, 2.24) is 0 Å². The fourth-order valence-corrected chi connectivity index (χ4v) is 2.63. The van der Waals surface area contributed by atoms with Crippen LogP contribution in [0.2, 0.25) is 0 Å². The van der Waals surface area contributed by atoms with Crippen LogP contribution in [-0.4, -0.2) is 18.8 Å². The van der Waals surface area contributed by atoms with Crippen molar-refractivity contribution < 1.29 is 9.50 Å². The Labute approximate surface area is 116 Å². The topological polar surface area (TPSA) is 23.5 Å². The van der Waals surface area contributed by atoms with Crippen LogP contribution < -0.4 is 4.90 Å². The van der Waals surface area contributed by atoms with Crippen LogP contribution in [0.1, 0.15) is 9.75 Å². The maximum Gasteiger partial charge on any atom is 0.125 e. The monoisotopic (exact) mass is 275 g/mol. The Kier molecular flexibility index (Phi) is 4.56. The van der Waals surface area contributed by atoms with Gasteiger partial charge in [-0.05, 0) is 30.3 Å². The van der Waals surface area contributed by atoms with Gasteiger partial charge in [-0.25, -0.2) is 4.39 Å². The van der Waals surface area contributed by atoms with Gasteiger partial charge in [-0.15, -0.1) is 11.3 Å². The summed E-state index contributed by atoms with van der Waals surface area (Å²) < 4.78 is 13.1. The lowest BCUT2D eigenvalue weighted by molar-refractivity contribution is 0.350. The first-order valence-electron chi connectivity index (χ1n) is 5.84. The van der Waals surface area contributed by atoms with E-state index >= 15 is 0 Å². The third-order valence-electron chi connectivity index (χ3n) is 2.59. The van der Waals surface area contributed by atoms with Gasteiger partial charge in [0.2, 0.25) is 0 Å². The molecule has 0 aliphatic heterocycles. The molecule has 2 rings (SSSR count). The van der Waals surface area contributed by atoms with Crippen molar-refractivity contribution in [1.29, 1.82) is 0 Å². The van der Waals surface area contributed by atoms with Gasteiger partial charge in [-0.3, -0.25) is 0 Å². The molecule has 98 valence electrons. The first kappa shape index (κ1) is 13.6. The molecule has 1 aromatic heterocycles. The summed E-state index contributed by atoms with van der Waals surface area (Å²) in [6.07, 6.45) is 0. The molecule has 0 aliphatic carbocycles. The summed E-state index contributed by atoms with van der Waals surface area (Å²) in [5.41, 5.74) is 0.844. The van der Waals surface area contributed by atoms with Crippen molar-refractivity contribution in [3.8, 4) is 11.8 Å². The predicted octanol–water partition coefficient (Wildman–Crippen LogP) is 2.87. The van der Waals surface area contributed by atoms with Gasteiger partial charge in [0.1, 0.15) is 12.4 Å². The van der Waals surface area contributed by atoms with Gasteiger partial charge in [-0.2, -0.15) is 0 Å². The number of benzene rings is 1. The number of nitrogens with zero attached hydrogens (tertiary/aromatic N) is 1. The molecule has 0 atom stereocenters. The molecule has 0 bridgehead atoms. The maximum atomic E-state index is 13.1. The third-order valence-corrected chi connectivity index (χ3v) is 3.58. The number of halogens is 1. The summed E-state index contributed by atoms with van der Waals surface area (Å²) in [4.78, 5) is 4.06. The number of anilines is 1. The van der Waals surface area contributed by atoms with Crippen molar-refractivity contribution in [2.45, 2.75) is 6.54 Å². The van der Waals surface area contributed by atoms with Crippen LogP contribution in [0.3, 0.4) is 0 Å². The van der Waals surface area contributed by atoms with Gasteiger partial charge in [0.15, 0.2) is 0 Å². The van der Waals surface area contributed by atoms with Crippen molar-refractivity contribution in [2.75, 3.05) is 18.6 Å². The molecule has 0 unspecified atom stereocenters. The Morgan fingerprint density at radius 1 is 1.32 bits per heavy atom. The van der Waals surface area contributed by atoms with E-state index < -0.39 is 0 Å². The highest BCUT2D eigenvalue weighted by atomic mass is 32.1. The third kappa shape index (κ3) is 3.82. The van der Waals surface area contributed by atoms with Crippen molar-refractivity contribution >= 4 is 17.0 Å². The summed E-state index contributed by atoms with van der Waals surface area (Å²) in [6, 6.07) is 10.5. The van der Waals surface area contributed by atoms with E-state index in [9.17, 15) is 4.39 Å². The molecule has 1 N–H and O–H groups in total. The van der Waals surface area contributed by atoms with Crippen LogP contribution in [0.25, 0.3) is 0 Å². The smallest absolute Gasteiger partial charge is 0.125 e. The number of thiophene rings is 1. The Morgan fingerprint density at radius 3 is 2.89 bits per heavy atom. The summed E-state index contributed by atoms with van der Waals surface area (Å²) in [6.45, 7) is 0.575. The van der Waals surface area contributed by atoms with E-state index in [-0.39, 0.29) is 12.4 Å². The van der Waals surface area contributed by atoms with E-state index in [2.05, 4.69) is 11.8 Å². The SMILES string of the molecule is CN(Cc1ccc(C#CCO)s1)c1cccc(F)c1. The van der Waals surface area contributed by atoms with Crippen LogP contribution in [0.15, 0.2) is 36.4 Å². The van der Waals surface area contributed by atoms with Crippen molar-refractivity contribution in [3.05, 3.63) is 52.0 Å². The molecular weight excluding hydrogens is 261 g/mol. The number of rotatable bonds is 3. The fraction of sp³-hybridized carbons (Fsp3) is 0.200. The van der Waals surface area contributed by atoms with Crippen LogP contribution in [-0.2, 0) is 6.54 Å². The lowest BCUT2D eigenvalue weighted by atomic mass is 10.3. The summed E-state index contributed by atoms with van der Waals surface area (Å²) >= 11 is 1.58. The molecule has 0 aliphatic rings. The van der Waals surface area contributed by atoms with Crippen LogP contribution in [0, 0.1) is 17.7 Å². The second-order valence-corrected chi connectivity index (χ2v) is 5.23. The lowest BCUT2D eigenvalue weighted by Gasteiger charge is -2.18. The van der Waals surface area contributed by atoms with Gasteiger partial charge in [0.25, 0.3) is 0 Å². The highest BCUT2D eigenvalue weighted by Gasteiger charge is 2.05. The average Bonchev–Trinajstić information content (AvgIpc) is 2.84. The number of aliphatic hydroxyl groups excluding tert-OH is 1. The highest BCUT2D eigenvalue weighted by molar-refractivity contribution is 7.12. The van der Waals surface area contributed by atoms with E-state index in [0.717, 1.165) is 15.4 Å². The largest absolute Gasteiger partial charge is 0.384 e. The van der Waals surface area contributed by atoms with Gasteiger partial charge in [0.05, 0.1) is 11.4 Å². The average molecular weight is 275 g/mol. The Balaban J connectivity index is 2.06. The molecule has 1 heterocycles. The van der Waals surface area contributed by atoms with Gasteiger partial charge in [0, 0.05) is 17.6 Å². The van der Waals surface area contributed by atoms with E-state index in [4.69, 9.17) is 5.11 Å². The minimum absolute atomic E-state index is 0.129. The molecule has 19 heavy (non-hydrogen) atoms. The zero-order chi connectivity index (χ0) is 13.7. The number of hydrogen-bond acceptors (Lipinski definition) is 3. The van der Waals surface area contributed by atoms with Crippen molar-refractivity contribution in [3.63, 3.8) is 0 Å². The second-order valence-electron chi connectivity index (χ2n) is 4.06. The van der Waals surface area contributed by atoms with Gasteiger partial charge < -0.3 is 10.0 Å². The van der Waals surface area contributed by atoms with Gasteiger partial charge >= 0.3 is 0 Å². The predicted molar refractivity (Wildman–Crippen MR) is 76.8 cm³/mol. The second kappa shape index (κ2) is 6.37. The Bertz CT molecular complexity index is 612. The number of aliphatic hydroxyl groups is 1. The molecular formula is C15H14FNOS. The molecule has 4 heteroatoms. The normalized spacial score (nSPS) is 9.84. The molecule has 0 amide bonds. The van der Waals surface area contributed by atoms with E-state index in [0.29, 0.717) is 6.54 Å². The summed E-state index contributed by atoms with van der Waals surface area (Å²) in [5.74, 6) is 5.27. The van der Waals surface area contributed by atoms with Gasteiger partial charge in [-0.1, -0.05) is 17.9 Å². The van der Waals surface area contributed by atoms with E-state index in [1.165, 1.54) is 12.1 Å². The zero-order valence-electron chi connectivity index (χ0n) is 10.6. The zero-order valence-corrected chi connectivity index (χ0v) is 11.4. The molecule has 2 aromatic rings. The quantitative estimate of drug-likeness (QED) is 0.871. The maximum absolute atomic E-state index is 13.1. The first-order valence-corrected chi connectivity index (χ1v) is 6.66. The molecule has 1 aromatic carbocycles. The van der Waals surface area contributed by atoms with Crippen LogP contribution in [0.4, 0.5) is 10.1 Å². The molecule has 0 saturated heterocycles. The van der Waals surface area contributed by atoms with Crippen molar-refractivity contribution in [2.24, 2.45) is 0 Å². The highest BCUT2D eigenvalue weighted by Crippen LogP contribution is 2.21.